The van der Waals surface area contributed by atoms with Gasteiger partial charge in [-0.3, -0.25) is 9.25 Å². The number of nitrogens with zero attached hydrogens (tertiary/aromatic N) is 8. The van der Waals surface area contributed by atoms with Crippen molar-refractivity contribution in [2.75, 3.05) is 5.32 Å². The van der Waals surface area contributed by atoms with Crippen LogP contribution >= 0.6 is 11.6 Å². The normalized spacial score (nSPS) is 11.4. The predicted octanol–water partition coefficient (Wildman–Crippen LogP) is 2.81. The molecule has 0 radical (unpaired) electrons. The number of nitrogens with one attached hydrogen (secondary N) is 1. The number of halogens is 4. The lowest BCUT2D eigenvalue weighted by atomic mass is 10.2. The minimum absolute atomic E-state index is 0.207. The van der Waals surface area contributed by atoms with Gasteiger partial charge in [-0.05, 0) is 25.1 Å². The lowest BCUT2D eigenvalue weighted by molar-refractivity contribution is 0.485. The van der Waals surface area contributed by atoms with Gasteiger partial charge in [-0.15, -0.1) is 5.10 Å². The highest BCUT2D eigenvalue weighted by atomic mass is 35.5. The van der Waals surface area contributed by atoms with E-state index in [-0.39, 0.29) is 28.8 Å². The minimum atomic E-state index is -1.38. The van der Waals surface area contributed by atoms with Crippen molar-refractivity contribution >= 4 is 34.1 Å². The molecule has 0 atom stereocenters. The molecule has 0 unspecified atom stereocenters. The Morgan fingerprint density at radius 1 is 1.00 bits per heavy atom. The molecule has 38 heavy (non-hydrogen) atoms. The Morgan fingerprint density at radius 3 is 2.53 bits per heavy atom. The Balaban J connectivity index is 1.65. The molecule has 0 amide bonds. The van der Waals surface area contributed by atoms with Gasteiger partial charge in [0.15, 0.2) is 11.6 Å². The number of aromatic nitrogens is 8. The molecular weight excluding hydrogens is 527 g/mol. The van der Waals surface area contributed by atoms with Crippen molar-refractivity contribution in [2.24, 2.45) is 7.05 Å². The van der Waals surface area contributed by atoms with E-state index in [0.29, 0.717) is 35.3 Å². The third kappa shape index (κ3) is 4.65. The highest BCUT2D eigenvalue weighted by molar-refractivity contribution is 6.34. The zero-order chi connectivity index (χ0) is 27.1. The van der Waals surface area contributed by atoms with Crippen LogP contribution in [-0.2, 0) is 26.7 Å². The quantitative estimate of drug-likeness (QED) is 0.312. The molecule has 0 fully saturated rings. The summed E-state index contributed by atoms with van der Waals surface area (Å²) in [6.45, 7) is 1.43. The van der Waals surface area contributed by atoms with Crippen LogP contribution in [0.1, 0.15) is 18.2 Å². The van der Waals surface area contributed by atoms with Crippen LogP contribution in [0.2, 0.25) is 5.02 Å². The first-order valence-corrected chi connectivity index (χ1v) is 11.6. The number of anilines is 2. The Morgan fingerprint density at radius 2 is 1.76 bits per heavy atom. The van der Waals surface area contributed by atoms with E-state index >= 15 is 0 Å². The molecular formula is C23H19ClF3N9O2. The Hall–Kier alpha value is -4.46. The van der Waals surface area contributed by atoms with Crippen LogP contribution in [-0.4, -0.2) is 38.9 Å². The van der Waals surface area contributed by atoms with E-state index < -0.39 is 35.4 Å². The summed E-state index contributed by atoms with van der Waals surface area (Å²) in [5.74, 6) is -4.04. The van der Waals surface area contributed by atoms with Gasteiger partial charge < -0.3 is 5.32 Å². The zero-order valence-corrected chi connectivity index (χ0v) is 20.7. The van der Waals surface area contributed by atoms with Gasteiger partial charge in [-0.25, -0.2) is 32.0 Å². The molecule has 3 heterocycles. The Kier molecular flexibility index (Phi) is 6.48. The van der Waals surface area contributed by atoms with Crippen molar-refractivity contribution in [3.05, 3.63) is 91.4 Å². The van der Waals surface area contributed by atoms with E-state index in [9.17, 15) is 22.8 Å². The van der Waals surface area contributed by atoms with Crippen LogP contribution in [0.3, 0.4) is 0 Å². The number of fused-ring (bicyclic) bond motifs is 1. The van der Waals surface area contributed by atoms with Crippen molar-refractivity contribution < 1.29 is 13.2 Å². The van der Waals surface area contributed by atoms with Crippen LogP contribution in [0.4, 0.5) is 24.8 Å². The first-order valence-electron chi connectivity index (χ1n) is 11.3. The molecule has 0 aliphatic heterocycles. The van der Waals surface area contributed by atoms with Gasteiger partial charge in [0.1, 0.15) is 5.82 Å². The fourth-order valence-corrected chi connectivity index (χ4v) is 4.18. The molecule has 1 N–H and O–H groups in total. The van der Waals surface area contributed by atoms with Crippen molar-refractivity contribution in [2.45, 2.75) is 26.6 Å². The highest BCUT2D eigenvalue weighted by Crippen LogP contribution is 2.29. The molecule has 15 heteroatoms. The van der Waals surface area contributed by atoms with Crippen LogP contribution in [0.5, 0.6) is 0 Å². The summed E-state index contributed by atoms with van der Waals surface area (Å²) in [6, 6.07) is 4.24. The standard InChI is InChI=1S/C23H19ClF3N9O2/c1-3-36-14(8-28-32-36)11-35-22(37)30-21(29-20-5-13-9-33(2)31-19(13)6-15(20)24)34(23(35)38)10-12-4-17(26)18(27)7-16(12)25/h4-9H,3,10-11H2,1-2H3,(H,29,30,37). The summed E-state index contributed by atoms with van der Waals surface area (Å²) in [5, 5.41) is 15.7. The van der Waals surface area contributed by atoms with Gasteiger partial charge >= 0.3 is 11.4 Å². The fourth-order valence-electron chi connectivity index (χ4n) is 3.97. The summed E-state index contributed by atoms with van der Waals surface area (Å²) in [6.07, 6.45) is 3.13. The second-order valence-electron chi connectivity index (χ2n) is 8.39. The Labute approximate surface area is 216 Å². The summed E-state index contributed by atoms with van der Waals surface area (Å²) >= 11 is 6.40. The van der Waals surface area contributed by atoms with Gasteiger partial charge in [0, 0.05) is 36.8 Å². The molecule has 3 aromatic heterocycles. The van der Waals surface area contributed by atoms with E-state index in [1.807, 2.05) is 0 Å². The molecule has 0 aliphatic rings. The predicted molar refractivity (Wildman–Crippen MR) is 132 cm³/mol. The number of benzene rings is 2. The summed E-state index contributed by atoms with van der Waals surface area (Å²) in [5.41, 5.74) is -0.807. The van der Waals surface area contributed by atoms with Gasteiger partial charge in [0.05, 0.1) is 41.2 Å². The molecule has 0 spiro atoms. The summed E-state index contributed by atoms with van der Waals surface area (Å²) < 4.78 is 46.8. The van der Waals surface area contributed by atoms with E-state index in [2.05, 4.69) is 25.7 Å². The summed E-state index contributed by atoms with van der Waals surface area (Å²) in [7, 11) is 1.73. The summed E-state index contributed by atoms with van der Waals surface area (Å²) in [4.78, 5) is 30.5. The minimum Gasteiger partial charge on any atom is -0.324 e. The molecule has 0 aliphatic carbocycles. The van der Waals surface area contributed by atoms with Crippen molar-refractivity contribution in [3.63, 3.8) is 0 Å². The second kappa shape index (κ2) is 9.78. The van der Waals surface area contributed by atoms with Crippen LogP contribution in [0, 0.1) is 17.5 Å². The van der Waals surface area contributed by atoms with Crippen LogP contribution in [0.15, 0.2) is 46.2 Å². The maximum atomic E-state index is 14.5. The van der Waals surface area contributed by atoms with E-state index in [0.717, 1.165) is 9.13 Å². The number of aryl methyl sites for hydroxylation is 2. The second-order valence-corrected chi connectivity index (χ2v) is 8.80. The van der Waals surface area contributed by atoms with Gasteiger partial charge in [0.25, 0.3) is 0 Å². The molecule has 11 nitrogen and oxygen atoms in total. The first kappa shape index (κ1) is 25.2. The lowest BCUT2D eigenvalue weighted by Gasteiger charge is -2.17. The number of hydrogen-bond acceptors (Lipinski definition) is 7. The molecule has 0 bridgehead atoms. The Bertz CT molecular complexity index is 1810. The lowest BCUT2D eigenvalue weighted by Crippen LogP contribution is -2.43. The van der Waals surface area contributed by atoms with Crippen LogP contribution in [0.25, 0.3) is 10.9 Å². The van der Waals surface area contributed by atoms with E-state index in [1.165, 1.54) is 10.9 Å². The van der Waals surface area contributed by atoms with Gasteiger partial charge in [-0.2, -0.15) is 10.1 Å². The largest absolute Gasteiger partial charge is 0.355 e. The smallest absolute Gasteiger partial charge is 0.324 e. The molecule has 5 rings (SSSR count). The third-order valence-corrected chi connectivity index (χ3v) is 6.15. The topological polar surface area (TPSA) is 117 Å². The van der Waals surface area contributed by atoms with E-state index in [1.54, 1.807) is 37.0 Å². The first-order chi connectivity index (χ1) is 18.1. The SMILES string of the molecule is CCn1nncc1Cn1c(=O)nc(Nc2cc3cn(C)nc3cc2Cl)n(Cc2cc(F)c(F)cc2F)c1=O. The van der Waals surface area contributed by atoms with Crippen LogP contribution < -0.4 is 16.7 Å². The average Bonchev–Trinajstić information content (AvgIpc) is 3.47. The molecule has 196 valence electrons. The number of hydrogen-bond donors (Lipinski definition) is 1. The molecule has 0 saturated carbocycles. The van der Waals surface area contributed by atoms with E-state index in [4.69, 9.17) is 11.6 Å². The maximum absolute atomic E-state index is 14.5. The number of rotatable bonds is 7. The average molecular weight is 546 g/mol. The fraction of sp³-hybridized carbons (Fsp3) is 0.217. The molecule has 5 aromatic rings. The van der Waals surface area contributed by atoms with Crippen molar-refractivity contribution in [1.82, 2.24) is 38.9 Å². The van der Waals surface area contributed by atoms with Gasteiger partial charge in [0.2, 0.25) is 5.95 Å². The van der Waals surface area contributed by atoms with Crippen molar-refractivity contribution in [1.29, 1.82) is 0 Å². The van der Waals surface area contributed by atoms with Gasteiger partial charge in [-0.1, -0.05) is 16.8 Å². The molecule has 2 aromatic carbocycles. The monoisotopic (exact) mass is 545 g/mol. The third-order valence-electron chi connectivity index (χ3n) is 5.84. The molecule has 0 saturated heterocycles. The van der Waals surface area contributed by atoms with Crippen molar-refractivity contribution in [3.8, 4) is 0 Å². The maximum Gasteiger partial charge on any atom is 0.355 e. The highest BCUT2D eigenvalue weighted by Gasteiger charge is 2.19. The zero-order valence-electron chi connectivity index (χ0n) is 20.0.